The highest BCUT2D eigenvalue weighted by Gasteiger charge is 2.16. The molecule has 9 nitrogen and oxygen atoms in total. The first-order valence-electron chi connectivity index (χ1n) is 13.0. The van der Waals surface area contributed by atoms with Gasteiger partial charge in [-0.2, -0.15) is 0 Å². The molecule has 204 valence electrons. The number of unbranched alkanes of at least 4 members (excludes halogenated alkanes) is 2. The van der Waals surface area contributed by atoms with E-state index in [1.165, 1.54) is 11.8 Å². The lowest BCUT2D eigenvalue weighted by Gasteiger charge is -2.14. The van der Waals surface area contributed by atoms with Gasteiger partial charge in [-0.15, -0.1) is 0 Å². The number of fused-ring (bicyclic) bond motifs is 1. The van der Waals surface area contributed by atoms with Gasteiger partial charge in [0.15, 0.2) is 5.16 Å². The number of nitrogens with one attached hydrogen (secondary N) is 2. The monoisotopic (exact) mass is 548 g/mol. The Kier molecular flexibility index (Phi) is 9.80. The van der Waals surface area contributed by atoms with Crippen LogP contribution in [0.15, 0.2) is 75.2 Å². The van der Waals surface area contributed by atoms with Crippen molar-refractivity contribution in [2.45, 2.75) is 51.4 Å². The zero-order valence-electron chi connectivity index (χ0n) is 22.1. The summed E-state index contributed by atoms with van der Waals surface area (Å²) in [4.78, 5) is 43.5. The Morgan fingerprint density at radius 3 is 2.62 bits per heavy atom. The van der Waals surface area contributed by atoms with Crippen LogP contribution < -0.4 is 20.9 Å². The van der Waals surface area contributed by atoms with E-state index in [9.17, 15) is 14.4 Å². The Hall–Kier alpha value is -4.05. The van der Waals surface area contributed by atoms with E-state index >= 15 is 0 Å². The molecule has 0 bridgehead atoms. The number of rotatable bonds is 13. The van der Waals surface area contributed by atoms with Gasteiger partial charge in [0.2, 0.25) is 5.91 Å². The van der Waals surface area contributed by atoms with Crippen molar-refractivity contribution in [3.63, 3.8) is 0 Å². The van der Waals surface area contributed by atoms with E-state index in [1.54, 1.807) is 65.4 Å². The summed E-state index contributed by atoms with van der Waals surface area (Å²) in [6.07, 6.45) is 4.36. The van der Waals surface area contributed by atoms with Crippen LogP contribution in [0.3, 0.4) is 0 Å². The summed E-state index contributed by atoms with van der Waals surface area (Å²) < 4.78 is 12.3. The summed E-state index contributed by atoms with van der Waals surface area (Å²) in [7, 11) is 0. The third kappa shape index (κ3) is 7.51. The van der Waals surface area contributed by atoms with Crippen molar-refractivity contribution in [1.29, 1.82) is 0 Å². The van der Waals surface area contributed by atoms with Gasteiger partial charge in [0.05, 0.1) is 36.1 Å². The van der Waals surface area contributed by atoms with Crippen molar-refractivity contribution in [1.82, 2.24) is 14.9 Å². The Morgan fingerprint density at radius 1 is 1.08 bits per heavy atom. The third-order valence-corrected chi connectivity index (χ3v) is 6.93. The summed E-state index contributed by atoms with van der Waals surface area (Å²) in [5, 5.41) is 6.54. The maximum atomic E-state index is 13.4. The van der Waals surface area contributed by atoms with E-state index < -0.39 is 0 Å². The summed E-state index contributed by atoms with van der Waals surface area (Å²) in [5.41, 5.74) is 1.26. The predicted molar refractivity (Wildman–Crippen MR) is 152 cm³/mol. The molecule has 0 aliphatic carbocycles. The van der Waals surface area contributed by atoms with Crippen molar-refractivity contribution < 1.29 is 18.7 Å². The van der Waals surface area contributed by atoms with Gasteiger partial charge in [-0.3, -0.25) is 19.0 Å². The standard InChI is InChI=1S/C29H32N4O5S/c1-3-5-6-15-33-28(36)24-14-9-20(27(35)30-18-23-8-7-16-38-23)17-25(24)32-29(33)39-19-26(34)31-21-10-12-22(13-11-21)37-4-2/h7-14,16-17H,3-6,15,18-19H2,1-2H3,(H,30,35)(H,31,34). The van der Waals surface area contributed by atoms with Crippen LogP contribution >= 0.6 is 11.8 Å². The molecule has 2 N–H and O–H groups in total. The molecule has 10 heteroatoms. The highest BCUT2D eigenvalue weighted by molar-refractivity contribution is 7.99. The lowest BCUT2D eigenvalue weighted by atomic mass is 10.1. The predicted octanol–water partition coefficient (Wildman–Crippen LogP) is 5.24. The second kappa shape index (κ2) is 13.7. The summed E-state index contributed by atoms with van der Waals surface area (Å²) in [5.74, 6) is 0.924. The number of amides is 2. The fourth-order valence-electron chi connectivity index (χ4n) is 3.98. The first-order chi connectivity index (χ1) is 19.0. The molecule has 2 aromatic carbocycles. The summed E-state index contributed by atoms with van der Waals surface area (Å²) in [6.45, 7) is 5.33. The van der Waals surface area contributed by atoms with Crippen molar-refractivity contribution >= 4 is 40.2 Å². The molecule has 0 saturated carbocycles. The highest BCUT2D eigenvalue weighted by atomic mass is 32.2. The molecule has 0 radical (unpaired) electrons. The number of hydrogen-bond acceptors (Lipinski definition) is 7. The fraction of sp³-hybridized carbons (Fsp3) is 0.310. The van der Waals surface area contributed by atoms with Gasteiger partial charge in [0.1, 0.15) is 11.5 Å². The summed E-state index contributed by atoms with van der Waals surface area (Å²) >= 11 is 1.20. The maximum Gasteiger partial charge on any atom is 0.262 e. The molecular formula is C29H32N4O5S. The minimum atomic E-state index is -0.300. The number of benzene rings is 2. The summed E-state index contributed by atoms with van der Waals surface area (Å²) in [6, 6.07) is 15.5. The highest BCUT2D eigenvalue weighted by Crippen LogP contribution is 2.21. The molecule has 4 rings (SSSR count). The Balaban J connectivity index is 1.52. The zero-order valence-corrected chi connectivity index (χ0v) is 22.9. The quantitative estimate of drug-likeness (QED) is 0.133. The SMILES string of the molecule is CCCCCn1c(SCC(=O)Nc2ccc(OCC)cc2)nc2cc(C(=O)NCc3ccco3)ccc2c1=O. The van der Waals surface area contributed by atoms with E-state index in [2.05, 4.69) is 17.6 Å². The Morgan fingerprint density at radius 2 is 1.90 bits per heavy atom. The largest absolute Gasteiger partial charge is 0.494 e. The first kappa shape index (κ1) is 28.0. The maximum absolute atomic E-state index is 13.4. The van der Waals surface area contributed by atoms with Crippen LogP contribution in [0, 0.1) is 0 Å². The van der Waals surface area contributed by atoms with Gasteiger partial charge >= 0.3 is 0 Å². The van der Waals surface area contributed by atoms with Gasteiger partial charge in [0, 0.05) is 17.8 Å². The minimum absolute atomic E-state index is 0.0717. The van der Waals surface area contributed by atoms with Crippen LogP contribution in [0.25, 0.3) is 10.9 Å². The van der Waals surface area contributed by atoms with E-state index in [-0.39, 0.29) is 29.7 Å². The van der Waals surface area contributed by atoms with Gasteiger partial charge in [-0.1, -0.05) is 31.5 Å². The third-order valence-electron chi connectivity index (χ3n) is 5.95. The molecule has 2 heterocycles. The van der Waals surface area contributed by atoms with Crippen molar-refractivity contribution in [3.8, 4) is 5.75 Å². The van der Waals surface area contributed by atoms with Crippen LogP contribution in [-0.2, 0) is 17.9 Å². The molecule has 39 heavy (non-hydrogen) atoms. The van der Waals surface area contributed by atoms with Gasteiger partial charge in [-0.05, 0) is 67.9 Å². The Bertz CT molecular complexity index is 1470. The number of aromatic nitrogens is 2. The molecule has 0 atom stereocenters. The van der Waals surface area contributed by atoms with Crippen molar-refractivity contribution in [2.75, 3.05) is 17.7 Å². The van der Waals surface area contributed by atoms with Crippen LogP contribution in [-0.4, -0.2) is 33.7 Å². The minimum Gasteiger partial charge on any atom is -0.494 e. The average Bonchev–Trinajstić information content (AvgIpc) is 3.47. The molecule has 0 saturated heterocycles. The molecule has 0 aliphatic rings. The van der Waals surface area contributed by atoms with Crippen molar-refractivity contribution in [3.05, 3.63) is 82.5 Å². The lowest BCUT2D eigenvalue weighted by molar-refractivity contribution is -0.113. The number of carbonyl (C=O) groups excluding carboxylic acids is 2. The number of hydrogen-bond donors (Lipinski definition) is 2. The number of nitrogens with zero attached hydrogens (tertiary/aromatic N) is 2. The van der Waals surface area contributed by atoms with E-state index in [0.717, 1.165) is 25.0 Å². The number of anilines is 1. The Labute approximate surface area is 231 Å². The van der Waals surface area contributed by atoms with Gasteiger partial charge in [-0.25, -0.2) is 4.98 Å². The van der Waals surface area contributed by atoms with Crippen LogP contribution in [0.5, 0.6) is 5.75 Å². The lowest BCUT2D eigenvalue weighted by Crippen LogP contribution is -2.25. The molecule has 4 aromatic rings. The average molecular weight is 549 g/mol. The van der Waals surface area contributed by atoms with Crippen molar-refractivity contribution in [2.24, 2.45) is 0 Å². The zero-order chi connectivity index (χ0) is 27.6. The molecule has 0 fully saturated rings. The van der Waals surface area contributed by atoms with Gasteiger partial charge < -0.3 is 19.8 Å². The second-order valence-electron chi connectivity index (χ2n) is 8.85. The van der Waals surface area contributed by atoms with E-state index in [0.29, 0.717) is 46.2 Å². The van der Waals surface area contributed by atoms with Crippen LogP contribution in [0.4, 0.5) is 5.69 Å². The molecule has 0 aliphatic heterocycles. The molecule has 2 aromatic heterocycles. The molecule has 0 spiro atoms. The number of ether oxygens (including phenoxy) is 1. The fourth-order valence-corrected chi connectivity index (χ4v) is 4.81. The molecule has 0 unspecified atom stereocenters. The molecular weight excluding hydrogens is 516 g/mol. The second-order valence-corrected chi connectivity index (χ2v) is 9.79. The van der Waals surface area contributed by atoms with Crippen LogP contribution in [0.2, 0.25) is 0 Å². The molecule has 2 amide bonds. The number of carbonyl (C=O) groups is 2. The van der Waals surface area contributed by atoms with Crippen LogP contribution in [0.1, 0.15) is 49.2 Å². The van der Waals surface area contributed by atoms with E-state index in [4.69, 9.17) is 14.1 Å². The first-order valence-corrected chi connectivity index (χ1v) is 14.0. The number of furan rings is 1. The number of thioether (sulfide) groups is 1. The normalized spacial score (nSPS) is 10.9. The smallest absolute Gasteiger partial charge is 0.262 e. The topological polar surface area (TPSA) is 115 Å². The van der Waals surface area contributed by atoms with Gasteiger partial charge in [0.25, 0.3) is 11.5 Å². The van der Waals surface area contributed by atoms with E-state index in [1.807, 2.05) is 6.92 Å².